The van der Waals surface area contributed by atoms with E-state index >= 15 is 0 Å². The van der Waals surface area contributed by atoms with E-state index in [1.807, 2.05) is 6.07 Å². The summed E-state index contributed by atoms with van der Waals surface area (Å²) in [5, 5.41) is 7.59. The van der Waals surface area contributed by atoms with E-state index in [2.05, 4.69) is 84.4 Å². The summed E-state index contributed by atoms with van der Waals surface area (Å²) in [5.74, 6) is 1.71. The molecule has 0 N–H and O–H groups in total. The van der Waals surface area contributed by atoms with Crippen molar-refractivity contribution in [3.8, 4) is 11.5 Å². The number of hydrogen-bond acceptors (Lipinski definition) is 5. The van der Waals surface area contributed by atoms with E-state index in [-0.39, 0.29) is 6.04 Å². The van der Waals surface area contributed by atoms with Crippen LogP contribution < -0.4 is 9.47 Å². The molecular weight excluding hydrogens is 434 g/mol. The fourth-order valence-electron chi connectivity index (χ4n) is 5.87. The molecule has 0 aliphatic carbocycles. The quantitative estimate of drug-likeness (QED) is 0.483. The predicted molar refractivity (Wildman–Crippen MR) is 139 cm³/mol. The van der Waals surface area contributed by atoms with Gasteiger partial charge in [0, 0.05) is 50.0 Å². The zero-order valence-electron chi connectivity index (χ0n) is 20.8. The molecule has 3 aromatic rings. The third-order valence-corrected chi connectivity index (χ3v) is 7.80. The fraction of sp³-hybridized carbons (Fsp3) is 0.367. The molecule has 3 aromatic carbocycles. The van der Waals surface area contributed by atoms with Gasteiger partial charge in [-0.05, 0) is 37.1 Å². The SMILES string of the molecule is COc1cccc2c1OC1(CCN(Cc3ccccc3)CC1)N1N=C(c3cc(C)ccc3C)C[C@H]21. The molecular formula is C30H33N3O2. The summed E-state index contributed by atoms with van der Waals surface area (Å²) < 4.78 is 12.7. The maximum Gasteiger partial charge on any atom is 0.200 e. The molecule has 0 bridgehead atoms. The van der Waals surface area contributed by atoms with Crippen LogP contribution in [0.4, 0.5) is 0 Å². The van der Waals surface area contributed by atoms with Gasteiger partial charge in [0.15, 0.2) is 11.5 Å². The molecule has 0 unspecified atom stereocenters. The van der Waals surface area contributed by atoms with Crippen molar-refractivity contribution in [3.63, 3.8) is 0 Å². The first-order valence-electron chi connectivity index (χ1n) is 12.6. The van der Waals surface area contributed by atoms with Gasteiger partial charge < -0.3 is 9.47 Å². The van der Waals surface area contributed by atoms with Crippen LogP contribution in [0.5, 0.6) is 11.5 Å². The number of rotatable bonds is 4. The van der Waals surface area contributed by atoms with Crippen LogP contribution in [0, 0.1) is 13.8 Å². The van der Waals surface area contributed by atoms with Crippen LogP contribution in [0.15, 0.2) is 71.8 Å². The zero-order chi connectivity index (χ0) is 24.0. The molecule has 35 heavy (non-hydrogen) atoms. The highest BCUT2D eigenvalue weighted by Gasteiger charge is 2.52. The molecule has 1 fully saturated rings. The lowest BCUT2D eigenvalue weighted by Crippen LogP contribution is -2.59. The Morgan fingerprint density at radius 2 is 1.80 bits per heavy atom. The van der Waals surface area contributed by atoms with Crippen molar-refractivity contribution in [3.05, 3.63) is 94.5 Å². The number of para-hydroxylation sites is 1. The molecule has 3 aliphatic heterocycles. The maximum atomic E-state index is 6.90. The van der Waals surface area contributed by atoms with Crippen molar-refractivity contribution in [2.24, 2.45) is 5.10 Å². The van der Waals surface area contributed by atoms with Gasteiger partial charge in [-0.3, -0.25) is 4.90 Å². The number of ether oxygens (including phenoxy) is 2. The van der Waals surface area contributed by atoms with Crippen LogP contribution in [0.1, 0.15) is 53.1 Å². The molecule has 0 radical (unpaired) electrons. The average molecular weight is 468 g/mol. The van der Waals surface area contributed by atoms with Crippen molar-refractivity contribution < 1.29 is 9.47 Å². The van der Waals surface area contributed by atoms with Crippen LogP contribution in [0.2, 0.25) is 0 Å². The molecule has 3 aliphatic rings. The number of benzene rings is 3. The summed E-state index contributed by atoms with van der Waals surface area (Å²) in [5.41, 5.74) is 7.01. The van der Waals surface area contributed by atoms with Crippen molar-refractivity contribution in [2.75, 3.05) is 20.2 Å². The molecule has 1 spiro atoms. The first-order chi connectivity index (χ1) is 17.1. The summed E-state index contributed by atoms with van der Waals surface area (Å²) in [6.07, 6.45) is 2.68. The zero-order valence-corrected chi connectivity index (χ0v) is 20.8. The minimum atomic E-state index is -0.459. The van der Waals surface area contributed by atoms with Crippen molar-refractivity contribution in [1.82, 2.24) is 9.91 Å². The van der Waals surface area contributed by atoms with E-state index < -0.39 is 5.72 Å². The molecule has 6 rings (SSSR count). The highest BCUT2D eigenvalue weighted by atomic mass is 16.5. The number of likely N-dealkylation sites (tertiary alicyclic amines) is 1. The van der Waals surface area contributed by atoms with E-state index in [4.69, 9.17) is 14.6 Å². The van der Waals surface area contributed by atoms with Crippen LogP contribution >= 0.6 is 0 Å². The van der Waals surface area contributed by atoms with Crippen molar-refractivity contribution in [2.45, 2.75) is 51.4 Å². The minimum Gasteiger partial charge on any atom is -0.493 e. The lowest BCUT2D eigenvalue weighted by atomic mass is 9.89. The number of hydrazone groups is 1. The van der Waals surface area contributed by atoms with Gasteiger partial charge in [0.2, 0.25) is 5.72 Å². The molecule has 1 saturated heterocycles. The number of aryl methyl sites for hydroxylation is 2. The monoisotopic (exact) mass is 467 g/mol. The normalized spacial score (nSPS) is 20.7. The largest absolute Gasteiger partial charge is 0.493 e. The number of nitrogens with zero attached hydrogens (tertiary/aromatic N) is 3. The maximum absolute atomic E-state index is 6.90. The van der Waals surface area contributed by atoms with E-state index in [0.29, 0.717) is 0 Å². The summed E-state index contributed by atoms with van der Waals surface area (Å²) in [6.45, 7) is 7.24. The summed E-state index contributed by atoms with van der Waals surface area (Å²) >= 11 is 0. The van der Waals surface area contributed by atoms with E-state index in [9.17, 15) is 0 Å². The Morgan fingerprint density at radius 1 is 1.00 bits per heavy atom. The number of piperidine rings is 1. The third-order valence-electron chi connectivity index (χ3n) is 7.80. The topological polar surface area (TPSA) is 37.3 Å². The molecule has 180 valence electrons. The Hall–Kier alpha value is -3.31. The third kappa shape index (κ3) is 3.88. The molecule has 0 amide bonds. The van der Waals surface area contributed by atoms with Crippen LogP contribution in [-0.4, -0.2) is 41.5 Å². The first kappa shape index (κ1) is 22.2. The summed E-state index contributed by atoms with van der Waals surface area (Å²) in [4.78, 5) is 2.53. The highest BCUT2D eigenvalue weighted by molar-refractivity contribution is 6.03. The van der Waals surface area contributed by atoms with Crippen LogP contribution in [0.3, 0.4) is 0 Å². The van der Waals surface area contributed by atoms with Gasteiger partial charge in [-0.15, -0.1) is 0 Å². The Kier molecular flexibility index (Phi) is 5.53. The van der Waals surface area contributed by atoms with Gasteiger partial charge in [0.05, 0.1) is 18.9 Å². The molecule has 1 atom stereocenters. The molecule has 5 nitrogen and oxygen atoms in total. The van der Waals surface area contributed by atoms with E-state index in [1.54, 1.807) is 7.11 Å². The highest BCUT2D eigenvalue weighted by Crippen LogP contribution is 2.52. The summed E-state index contributed by atoms with van der Waals surface area (Å²) in [6, 6.07) is 23.8. The second-order valence-corrected chi connectivity index (χ2v) is 10.1. The Balaban J connectivity index is 1.35. The lowest BCUT2D eigenvalue weighted by Gasteiger charge is -2.51. The standard InChI is InChI=1S/C30H33N3O2/c1-21-12-13-22(2)25(18-21)26-19-27-24-10-7-11-28(34-3)29(24)35-30(33(27)31-26)14-16-32(17-15-30)20-23-8-5-4-6-9-23/h4-13,18,27H,14-17,19-20H2,1-3H3/t27-/m1/s1. The lowest BCUT2D eigenvalue weighted by molar-refractivity contribution is -0.151. The Labute approximate surface area is 208 Å². The Bertz CT molecular complexity index is 1260. The summed E-state index contributed by atoms with van der Waals surface area (Å²) in [7, 11) is 1.73. The predicted octanol–water partition coefficient (Wildman–Crippen LogP) is 5.85. The van der Waals surface area contributed by atoms with Gasteiger partial charge in [0.25, 0.3) is 0 Å². The van der Waals surface area contributed by atoms with E-state index in [0.717, 1.165) is 56.1 Å². The van der Waals surface area contributed by atoms with Gasteiger partial charge in [-0.25, -0.2) is 5.01 Å². The van der Waals surface area contributed by atoms with E-state index in [1.165, 1.54) is 27.8 Å². The van der Waals surface area contributed by atoms with Crippen LogP contribution in [-0.2, 0) is 6.54 Å². The van der Waals surface area contributed by atoms with Gasteiger partial charge in [0.1, 0.15) is 0 Å². The van der Waals surface area contributed by atoms with Gasteiger partial charge >= 0.3 is 0 Å². The second-order valence-electron chi connectivity index (χ2n) is 10.1. The molecule has 0 aromatic heterocycles. The Morgan fingerprint density at radius 3 is 2.57 bits per heavy atom. The van der Waals surface area contributed by atoms with Crippen LogP contribution in [0.25, 0.3) is 0 Å². The first-order valence-corrected chi connectivity index (χ1v) is 12.6. The smallest absolute Gasteiger partial charge is 0.200 e. The van der Waals surface area contributed by atoms with Gasteiger partial charge in [-0.2, -0.15) is 5.10 Å². The number of hydrogen-bond donors (Lipinski definition) is 0. The second kappa shape index (κ2) is 8.72. The van der Waals surface area contributed by atoms with Gasteiger partial charge in [-0.1, -0.05) is 60.2 Å². The average Bonchev–Trinajstić information content (AvgIpc) is 3.34. The van der Waals surface area contributed by atoms with Crippen molar-refractivity contribution >= 4 is 5.71 Å². The number of methoxy groups -OCH3 is 1. The molecule has 5 heteroatoms. The number of fused-ring (bicyclic) bond motifs is 4. The fourth-order valence-corrected chi connectivity index (χ4v) is 5.87. The molecule has 0 saturated carbocycles. The minimum absolute atomic E-state index is 0.157. The molecule has 3 heterocycles. The van der Waals surface area contributed by atoms with Crippen molar-refractivity contribution in [1.29, 1.82) is 0 Å².